The molecule has 9 heteroatoms. The van der Waals surface area contributed by atoms with Crippen LogP contribution in [0.15, 0.2) is 27.7 Å². The molecule has 21 heavy (non-hydrogen) atoms. The first kappa shape index (κ1) is 16.2. The first-order valence-corrected chi connectivity index (χ1v) is 6.50. The zero-order chi connectivity index (χ0) is 16.1. The van der Waals surface area contributed by atoms with Gasteiger partial charge in [0.25, 0.3) is 0 Å². The van der Waals surface area contributed by atoms with E-state index in [1.807, 2.05) is 0 Å². The normalized spacial score (nSPS) is 30.1. The minimum atomic E-state index is -5.42. The molecule has 3 nitrogen and oxygen atoms in total. The zero-order valence-electron chi connectivity index (χ0n) is 10.6. The molecule has 0 bridgehead atoms. The van der Waals surface area contributed by atoms with Crippen LogP contribution in [0.2, 0.25) is 0 Å². The number of aliphatic imine (C=N–C) groups is 1. The second-order valence-corrected chi connectivity index (χ2v) is 5.60. The Labute approximate surface area is 125 Å². The number of rotatable bonds is 1. The minimum Gasteiger partial charge on any atom is -0.385 e. The SMILES string of the molecule is CC1(c2cc(Br)ccc2F)N=C(N)COC1(F)C(F)(F)F. The van der Waals surface area contributed by atoms with Crippen LogP contribution in [0.1, 0.15) is 12.5 Å². The first-order valence-electron chi connectivity index (χ1n) is 5.70. The molecule has 0 saturated carbocycles. The number of halogens is 6. The van der Waals surface area contributed by atoms with E-state index in [-0.39, 0.29) is 10.3 Å². The van der Waals surface area contributed by atoms with E-state index in [9.17, 15) is 22.0 Å². The van der Waals surface area contributed by atoms with Crippen molar-refractivity contribution in [2.24, 2.45) is 10.7 Å². The molecule has 0 aliphatic carbocycles. The number of alkyl halides is 4. The molecule has 0 spiro atoms. The maximum Gasteiger partial charge on any atom is 0.451 e. The fraction of sp³-hybridized carbons (Fsp3) is 0.417. The maximum atomic E-state index is 14.6. The van der Waals surface area contributed by atoms with Crippen LogP contribution >= 0.6 is 15.9 Å². The molecule has 0 fully saturated rings. The summed E-state index contributed by atoms with van der Waals surface area (Å²) < 4.78 is 72.5. The van der Waals surface area contributed by atoms with Gasteiger partial charge in [-0.3, -0.25) is 4.99 Å². The van der Waals surface area contributed by atoms with Crippen LogP contribution in [0.4, 0.5) is 22.0 Å². The Bertz CT molecular complexity index is 606. The number of nitrogens with zero attached hydrogens (tertiary/aromatic N) is 1. The van der Waals surface area contributed by atoms with Crippen molar-refractivity contribution in [1.82, 2.24) is 0 Å². The molecule has 0 amide bonds. The van der Waals surface area contributed by atoms with Gasteiger partial charge in [0.05, 0.1) is 0 Å². The lowest BCUT2D eigenvalue weighted by molar-refractivity contribution is -0.357. The van der Waals surface area contributed by atoms with Gasteiger partial charge in [-0.1, -0.05) is 15.9 Å². The Balaban J connectivity index is 2.74. The van der Waals surface area contributed by atoms with Crippen molar-refractivity contribution in [2.45, 2.75) is 24.5 Å². The summed E-state index contributed by atoms with van der Waals surface area (Å²) in [4.78, 5) is 3.52. The summed E-state index contributed by atoms with van der Waals surface area (Å²) in [5, 5.41) is 0. The zero-order valence-corrected chi connectivity index (χ0v) is 12.2. The second kappa shape index (κ2) is 4.91. The largest absolute Gasteiger partial charge is 0.451 e. The number of ether oxygens (including phenoxy) is 1. The third kappa shape index (κ3) is 2.42. The molecule has 2 unspecified atom stereocenters. The van der Waals surface area contributed by atoms with E-state index in [0.717, 1.165) is 19.1 Å². The summed E-state index contributed by atoms with van der Waals surface area (Å²) in [5.74, 6) is -5.59. The predicted octanol–water partition coefficient (Wildman–Crippen LogP) is 3.42. The quantitative estimate of drug-likeness (QED) is 0.767. The number of hydrogen-bond donors (Lipinski definition) is 1. The van der Waals surface area contributed by atoms with Crippen molar-refractivity contribution in [1.29, 1.82) is 0 Å². The summed E-state index contributed by atoms with van der Waals surface area (Å²) in [6.07, 6.45) is -5.42. The van der Waals surface area contributed by atoms with E-state index in [0.29, 0.717) is 0 Å². The van der Waals surface area contributed by atoms with Crippen LogP contribution in [0.5, 0.6) is 0 Å². The summed E-state index contributed by atoms with van der Waals surface area (Å²) in [7, 11) is 0. The van der Waals surface area contributed by atoms with Crippen molar-refractivity contribution in [2.75, 3.05) is 6.61 Å². The van der Waals surface area contributed by atoms with E-state index in [1.54, 1.807) is 0 Å². The van der Waals surface area contributed by atoms with Crippen LogP contribution in [0, 0.1) is 5.82 Å². The van der Waals surface area contributed by atoms with Crippen LogP contribution in [-0.4, -0.2) is 24.5 Å². The molecule has 2 atom stereocenters. The van der Waals surface area contributed by atoms with Crippen molar-refractivity contribution >= 4 is 21.8 Å². The van der Waals surface area contributed by atoms with Crippen LogP contribution in [0.25, 0.3) is 0 Å². The molecular formula is C12H10BrF5N2O. The summed E-state index contributed by atoms with van der Waals surface area (Å²) >= 11 is 3.00. The van der Waals surface area contributed by atoms with Crippen molar-refractivity contribution < 1.29 is 26.7 Å². The number of benzene rings is 1. The molecule has 1 aliphatic rings. The monoisotopic (exact) mass is 372 g/mol. The fourth-order valence-electron chi connectivity index (χ4n) is 2.17. The van der Waals surface area contributed by atoms with E-state index in [1.165, 1.54) is 6.07 Å². The van der Waals surface area contributed by atoms with Gasteiger partial charge >= 0.3 is 12.0 Å². The molecule has 2 rings (SSSR count). The Kier molecular flexibility index (Phi) is 3.78. The van der Waals surface area contributed by atoms with Crippen molar-refractivity contribution in [3.05, 3.63) is 34.1 Å². The molecule has 1 aromatic carbocycles. The smallest absolute Gasteiger partial charge is 0.385 e. The van der Waals surface area contributed by atoms with Gasteiger partial charge in [-0.25, -0.2) is 4.39 Å². The molecule has 1 aromatic rings. The van der Waals surface area contributed by atoms with Crippen molar-refractivity contribution in [3.8, 4) is 0 Å². The van der Waals surface area contributed by atoms with Crippen LogP contribution < -0.4 is 5.73 Å². The highest BCUT2D eigenvalue weighted by Gasteiger charge is 2.71. The van der Waals surface area contributed by atoms with Crippen LogP contribution in [0.3, 0.4) is 0 Å². The van der Waals surface area contributed by atoms with Crippen LogP contribution in [-0.2, 0) is 10.3 Å². The predicted molar refractivity (Wildman–Crippen MR) is 68.9 cm³/mol. The number of nitrogens with two attached hydrogens (primary N) is 1. The molecule has 1 aliphatic heterocycles. The lowest BCUT2D eigenvalue weighted by atomic mass is 9.83. The summed E-state index contributed by atoms with van der Waals surface area (Å²) in [5.41, 5.74) is 2.05. The Morgan fingerprint density at radius 3 is 2.57 bits per heavy atom. The van der Waals surface area contributed by atoms with Gasteiger partial charge in [-0.2, -0.15) is 17.6 Å². The average molecular weight is 373 g/mol. The number of hydrogen-bond acceptors (Lipinski definition) is 3. The summed E-state index contributed by atoms with van der Waals surface area (Å²) in [6.45, 7) is -0.0431. The van der Waals surface area contributed by atoms with Gasteiger partial charge in [0.15, 0.2) is 5.54 Å². The Morgan fingerprint density at radius 2 is 2.00 bits per heavy atom. The van der Waals surface area contributed by atoms with Gasteiger partial charge in [0.2, 0.25) is 0 Å². The molecule has 1 heterocycles. The lowest BCUT2D eigenvalue weighted by Gasteiger charge is -2.43. The highest BCUT2D eigenvalue weighted by molar-refractivity contribution is 9.10. The molecule has 0 radical (unpaired) electrons. The first-order chi connectivity index (χ1) is 9.51. The van der Waals surface area contributed by atoms with Gasteiger partial charge < -0.3 is 10.5 Å². The number of amidine groups is 1. The van der Waals surface area contributed by atoms with Gasteiger partial charge in [0, 0.05) is 10.0 Å². The minimum absolute atomic E-state index is 0.268. The second-order valence-electron chi connectivity index (χ2n) is 4.68. The Morgan fingerprint density at radius 1 is 1.38 bits per heavy atom. The molecule has 0 saturated heterocycles. The lowest BCUT2D eigenvalue weighted by Crippen LogP contribution is -2.61. The molecular weight excluding hydrogens is 363 g/mol. The van der Waals surface area contributed by atoms with E-state index in [4.69, 9.17) is 5.73 Å². The molecule has 116 valence electrons. The van der Waals surface area contributed by atoms with E-state index < -0.39 is 35.6 Å². The van der Waals surface area contributed by atoms with Gasteiger partial charge in [-0.05, 0) is 25.1 Å². The van der Waals surface area contributed by atoms with Gasteiger partial charge in [-0.15, -0.1) is 0 Å². The molecule has 2 N–H and O–H groups in total. The van der Waals surface area contributed by atoms with E-state index >= 15 is 0 Å². The summed E-state index contributed by atoms with van der Waals surface area (Å²) in [6, 6.07) is 3.19. The molecule has 0 aromatic heterocycles. The Hall–Kier alpha value is -1.22. The topological polar surface area (TPSA) is 47.6 Å². The average Bonchev–Trinajstić information content (AvgIpc) is 2.36. The third-order valence-corrected chi connectivity index (χ3v) is 3.72. The van der Waals surface area contributed by atoms with E-state index in [2.05, 4.69) is 25.7 Å². The third-order valence-electron chi connectivity index (χ3n) is 3.23. The van der Waals surface area contributed by atoms with Gasteiger partial charge in [0.1, 0.15) is 18.3 Å². The highest BCUT2D eigenvalue weighted by atomic mass is 79.9. The highest BCUT2D eigenvalue weighted by Crippen LogP contribution is 2.52. The maximum absolute atomic E-state index is 14.6. The van der Waals surface area contributed by atoms with Crippen molar-refractivity contribution in [3.63, 3.8) is 0 Å². The standard InChI is InChI=1S/C12H10BrF5N2O/c1-10(7-4-6(13)2-3-8(7)14)11(15,12(16,17)18)21-5-9(19)20-10/h2-4H,5H2,1H3,(H2,19,20). The fourth-order valence-corrected chi connectivity index (χ4v) is 2.53.